The van der Waals surface area contributed by atoms with Crippen LogP contribution in [0.2, 0.25) is 0 Å². The molecule has 2 aromatic heterocycles. The summed E-state index contributed by atoms with van der Waals surface area (Å²) >= 11 is 0. The first-order valence-corrected chi connectivity index (χ1v) is 13.1. The summed E-state index contributed by atoms with van der Waals surface area (Å²) in [6.07, 6.45) is 2.24. The van der Waals surface area contributed by atoms with E-state index in [-0.39, 0.29) is 24.3 Å². The van der Waals surface area contributed by atoms with Crippen LogP contribution >= 0.6 is 0 Å². The highest BCUT2D eigenvalue weighted by atomic mass is 16.2. The quantitative estimate of drug-likeness (QED) is 0.341. The molecule has 5 rings (SSSR count). The molecule has 0 bridgehead atoms. The van der Waals surface area contributed by atoms with Crippen LogP contribution in [0.4, 0.5) is 5.69 Å². The van der Waals surface area contributed by atoms with Crippen LogP contribution in [-0.4, -0.2) is 70.8 Å². The van der Waals surface area contributed by atoms with Crippen molar-refractivity contribution < 1.29 is 19.2 Å². The van der Waals surface area contributed by atoms with E-state index in [2.05, 4.69) is 32.1 Å². The molecule has 0 spiro atoms. The van der Waals surface area contributed by atoms with E-state index in [1.807, 2.05) is 62.4 Å². The number of carbonyl (C=O) groups is 2. The van der Waals surface area contributed by atoms with Crippen molar-refractivity contribution in [3.05, 3.63) is 94.3 Å². The molecule has 1 aliphatic heterocycles. The van der Waals surface area contributed by atoms with Gasteiger partial charge in [-0.05, 0) is 74.0 Å². The van der Waals surface area contributed by atoms with E-state index < -0.39 is 0 Å². The Morgan fingerprint density at radius 1 is 0.950 bits per heavy atom. The van der Waals surface area contributed by atoms with Gasteiger partial charge in [-0.15, -0.1) is 0 Å². The minimum atomic E-state index is -0.189. The van der Waals surface area contributed by atoms with Crippen molar-refractivity contribution in [3.63, 3.8) is 0 Å². The third-order valence-corrected chi connectivity index (χ3v) is 7.04. The lowest BCUT2D eigenvalue weighted by Crippen LogP contribution is -2.43. The molecule has 206 valence electrons. The molecule has 40 heavy (non-hydrogen) atoms. The number of benzene rings is 2. The Labute approximate surface area is 233 Å². The summed E-state index contributed by atoms with van der Waals surface area (Å²) in [6.45, 7) is 9.08. The molecule has 2 aromatic carbocycles. The molecule has 1 amide bonds. The SMILES string of the molecule is Cc1cc2cc(CC(=O)c3cc(NC(=O)c4ccc(CN5CCN(C)CC5)cc4)ccc3C)cnc2[nH]1.O=C=O. The lowest BCUT2D eigenvalue weighted by molar-refractivity contribution is -0.191. The largest absolute Gasteiger partial charge is 0.373 e. The van der Waals surface area contributed by atoms with Gasteiger partial charge < -0.3 is 15.2 Å². The van der Waals surface area contributed by atoms with Crippen molar-refractivity contribution in [2.24, 2.45) is 0 Å². The lowest BCUT2D eigenvalue weighted by atomic mass is 9.99. The van der Waals surface area contributed by atoms with Gasteiger partial charge in [0.15, 0.2) is 5.78 Å². The summed E-state index contributed by atoms with van der Waals surface area (Å²) in [5.41, 5.74) is 6.60. The summed E-state index contributed by atoms with van der Waals surface area (Å²) in [5, 5.41) is 3.95. The molecule has 9 heteroatoms. The molecular weight excluding hydrogens is 506 g/mol. The number of piperazine rings is 1. The number of nitrogens with zero attached hydrogens (tertiary/aromatic N) is 3. The number of hydrogen-bond acceptors (Lipinski definition) is 7. The molecule has 0 saturated carbocycles. The monoisotopic (exact) mass is 539 g/mol. The fourth-order valence-electron chi connectivity index (χ4n) is 4.80. The highest BCUT2D eigenvalue weighted by Gasteiger charge is 2.16. The van der Waals surface area contributed by atoms with Crippen molar-refractivity contribution in [2.75, 3.05) is 38.5 Å². The zero-order valence-corrected chi connectivity index (χ0v) is 23.0. The summed E-state index contributed by atoms with van der Waals surface area (Å²) in [5.74, 6) is -0.193. The van der Waals surface area contributed by atoms with Gasteiger partial charge in [0.1, 0.15) is 5.65 Å². The van der Waals surface area contributed by atoms with Crippen LogP contribution in [0.15, 0.2) is 60.8 Å². The Morgan fingerprint density at radius 2 is 1.65 bits per heavy atom. The Kier molecular flexibility index (Phi) is 9.35. The minimum absolute atomic E-state index is 0.00438. The highest BCUT2D eigenvalue weighted by Crippen LogP contribution is 2.21. The number of nitrogens with one attached hydrogen (secondary N) is 2. The number of likely N-dealkylation sites (N-methyl/N-ethyl adjacent to an activating group) is 1. The van der Waals surface area contributed by atoms with Gasteiger partial charge in [-0.2, -0.15) is 9.59 Å². The predicted octanol–water partition coefficient (Wildman–Crippen LogP) is 4.02. The van der Waals surface area contributed by atoms with Crippen LogP contribution in [0.25, 0.3) is 11.0 Å². The fourth-order valence-corrected chi connectivity index (χ4v) is 4.80. The van der Waals surface area contributed by atoms with E-state index in [0.717, 1.165) is 60.6 Å². The second-order valence-electron chi connectivity index (χ2n) is 10.2. The highest BCUT2D eigenvalue weighted by molar-refractivity contribution is 6.06. The van der Waals surface area contributed by atoms with Gasteiger partial charge in [0, 0.05) is 73.2 Å². The maximum absolute atomic E-state index is 13.1. The normalized spacial score (nSPS) is 13.8. The molecular formula is C31H33N5O4. The van der Waals surface area contributed by atoms with Crippen LogP contribution in [0, 0.1) is 13.8 Å². The maximum atomic E-state index is 13.1. The van der Waals surface area contributed by atoms with Crippen molar-refractivity contribution in [3.8, 4) is 0 Å². The number of hydrogen-bond donors (Lipinski definition) is 2. The molecule has 1 aliphatic rings. The number of aromatic amines is 1. The smallest absolute Gasteiger partial charge is 0.344 e. The van der Waals surface area contributed by atoms with Crippen LogP contribution in [-0.2, 0) is 22.6 Å². The number of Topliss-reactive ketones (excluding diaryl/α,β-unsaturated/α-hetero) is 1. The van der Waals surface area contributed by atoms with Crippen LogP contribution in [0.3, 0.4) is 0 Å². The van der Waals surface area contributed by atoms with Gasteiger partial charge in [-0.25, -0.2) is 4.98 Å². The van der Waals surface area contributed by atoms with E-state index in [9.17, 15) is 9.59 Å². The zero-order valence-electron chi connectivity index (χ0n) is 23.0. The van der Waals surface area contributed by atoms with E-state index in [1.54, 1.807) is 12.3 Å². The average Bonchev–Trinajstić information content (AvgIpc) is 3.31. The van der Waals surface area contributed by atoms with E-state index in [0.29, 0.717) is 16.8 Å². The second kappa shape index (κ2) is 13.1. The Bertz CT molecular complexity index is 1530. The number of carbonyl (C=O) groups excluding carboxylic acids is 4. The topological polar surface area (TPSA) is 115 Å². The standard InChI is InChI=1S/C30H33N5O2.CO2/c1-20-4-9-26(17-27(20)28(36)16-23-15-25-14-21(2)32-29(25)31-18-23)33-30(37)24-7-5-22(6-8-24)19-35-12-10-34(3)11-13-35;2-1-3/h4-9,14-15,17-18H,10-13,16,19H2,1-3H3,(H,31,32)(H,33,37);. The zero-order chi connectivity index (χ0) is 28.6. The van der Waals surface area contributed by atoms with Crippen molar-refractivity contribution in [1.29, 1.82) is 0 Å². The number of aromatic nitrogens is 2. The molecule has 2 N–H and O–H groups in total. The average molecular weight is 540 g/mol. The number of ketones is 1. The van der Waals surface area contributed by atoms with Crippen LogP contribution < -0.4 is 5.32 Å². The molecule has 1 fully saturated rings. The van der Waals surface area contributed by atoms with Gasteiger partial charge >= 0.3 is 6.15 Å². The predicted molar refractivity (Wildman–Crippen MR) is 152 cm³/mol. The first-order chi connectivity index (χ1) is 19.2. The van der Waals surface area contributed by atoms with Crippen molar-refractivity contribution >= 4 is 34.6 Å². The summed E-state index contributed by atoms with van der Waals surface area (Å²) in [7, 11) is 2.15. The lowest BCUT2D eigenvalue weighted by Gasteiger charge is -2.32. The van der Waals surface area contributed by atoms with Crippen molar-refractivity contribution in [2.45, 2.75) is 26.8 Å². The number of H-pyrrole nitrogens is 1. The Balaban J connectivity index is 0.00000118. The first-order valence-electron chi connectivity index (χ1n) is 13.1. The van der Waals surface area contributed by atoms with Crippen molar-refractivity contribution in [1.82, 2.24) is 19.8 Å². The van der Waals surface area contributed by atoms with Gasteiger partial charge in [0.25, 0.3) is 5.91 Å². The number of rotatable bonds is 7. The summed E-state index contributed by atoms with van der Waals surface area (Å²) in [4.78, 5) is 54.7. The number of aryl methyl sites for hydroxylation is 2. The fraction of sp³-hybridized carbons (Fsp3) is 0.290. The van der Waals surface area contributed by atoms with E-state index in [4.69, 9.17) is 9.59 Å². The number of pyridine rings is 1. The van der Waals surface area contributed by atoms with E-state index >= 15 is 0 Å². The number of amides is 1. The second-order valence-corrected chi connectivity index (χ2v) is 10.2. The summed E-state index contributed by atoms with van der Waals surface area (Å²) in [6, 6.07) is 17.3. The van der Waals surface area contributed by atoms with Gasteiger partial charge in [-0.1, -0.05) is 18.2 Å². The van der Waals surface area contributed by atoms with Gasteiger partial charge in [-0.3, -0.25) is 14.5 Å². The Hall–Kier alpha value is -4.43. The third-order valence-electron chi connectivity index (χ3n) is 7.04. The minimum Gasteiger partial charge on any atom is -0.344 e. The summed E-state index contributed by atoms with van der Waals surface area (Å²) < 4.78 is 0. The molecule has 4 aromatic rings. The van der Waals surface area contributed by atoms with Crippen LogP contribution in [0.5, 0.6) is 0 Å². The molecule has 0 aliphatic carbocycles. The first kappa shape index (κ1) is 28.6. The maximum Gasteiger partial charge on any atom is 0.373 e. The van der Waals surface area contributed by atoms with Crippen LogP contribution in [0.1, 0.15) is 43.1 Å². The van der Waals surface area contributed by atoms with Gasteiger partial charge in [0.05, 0.1) is 0 Å². The molecule has 0 radical (unpaired) electrons. The number of anilines is 1. The molecule has 1 saturated heterocycles. The number of fused-ring (bicyclic) bond motifs is 1. The molecule has 3 heterocycles. The Morgan fingerprint density at radius 3 is 2.35 bits per heavy atom. The molecule has 0 atom stereocenters. The molecule has 0 unspecified atom stereocenters. The van der Waals surface area contributed by atoms with Gasteiger partial charge in [0.2, 0.25) is 0 Å². The third kappa shape index (κ3) is 7.36. The van der Waals surface area contributed by atoms with E-state index in [1.165, 1.54) is 5.56 Å². The molecule has 9 nitrogen and oxygen atoms in total.